The van der Waals surface area contributed by atoms with Crippen LogP contribution < -0.4 is 10.1 Å². The second kappa shape index (κ2) is 4.96. The third kappa shape index (κ3) is 1.95. The molecule has 0 aliphatic carbocycles. The van der Waals surface area contributed by atoms with Gasteiger partial charge in [-0.2, -0.15) is 0 Å². The molecule has 1 heterocycles. The lowest BCUT2D eigenvalue weighted by Gasteiger charge is -2.29. The maximum absolute atomic E-state index is 7.96. The van der Waals surface area contributed by atoms with Gasteiger partial charge in [0.1, 0.15) is 11.6 Å². The van der Waals surface area contributed by atoms with Crippen LogP contribution in [-0.2, 0) is 15.4 Å². The van der Waals surface area contributed by atoms with Crippen molar-refractivity contribution in [1.29, 1.82) is 5.41 Å². The number of benzene rings is 1. The fourth-order valence-corrected chi connectivity index (χ4v) is 2.12. The van der Waals surface area contributed by atoms with Crippen LogP contribution in [0.5, 0.6) is 5.75 Å². The quantitative estimate of drug-likeness (QED) is 0.782. The smallest absolute Gasteiger partial charge is 0.279 e. The summed E-state index contributed by atoms with van der Waals surface area (Å²) in [6.07, 6.45) is 0. The van der Waals surface area contributed by atoms with Crippen LogP contribution in [0.25, 0.3) is 0 Å². The van der Waals surface area contributed by atoms with Crippen molar-refractivity contribution in [2.45, 2.75) is 19.8 Å². The molecule has 0 radical (unpaired) electrons. The van der Waals surface area contributed by atoms with Gasteiger partial charge < -0.3 is 19.5 Å². The topological polar surface area (TPSA) is 63.6 Å². The van der Waals surface area contributed by atoms with Gasteiger partial charge in [-0.25, -0.2) is 0 Å². The lowest BCUT2D eigenvalue weighted by atomic mass is 10.1. The highest BCUT2D eigenvalue weighted by Gasteiger charge is 2.43. The lowest BCUT2D eigenvalue weighted by molar-refractivity contribution is -0.249. The summed E-state index contributed by atoms with van der Waals surface area (Å²) in [7, 11) is 1.61. The van der Waals surface area contributed by atoms with Gasteiger partial charge in [0.2, 0.25) is 0 Å². The van der Waals surface area contributed by atoms with Crippen LogP contribution in [0.1, 0.15) is 25.0 Å². The zero-order chi connectivity index (χ0) is 13.2. The second-order valence-electron chi connectivity index (χ2n) is 3.89. The minimum atomic E-state index is -1.07. The van der Waals surface area contributed by atoms with Crippen LogP contribution in [0.15, 0.2) is 18.2 Å². The molecule has 0 fully saturated rings. The number of rotatable bonds is 5. The van der Waals surface area contributed by atoms with E-state index in [1.54, 1.807) is 7.11 Å². The van der Waals surface area contributed by atoms with E-state index in [9.17, 15) is 0 Å². The largest absolute Gasteiger partial charge is 0.497 e. The Morgan fingerprint density at radius 1 is 1.22 bits per heavy atom. The molecule has 1 aliphatic rings. The van der Waals surface area contributed by atoms with Gasteiger partial charge in [-0.3, -0.25) is 5.41 Å². The Morgan fingerprint density at radius 3 is 2.44 bits per heavy atom. The summed E-state index contributed by atoms with van der Waals surface area (Å²) < 4.78 is 16.6. The van der Waals surface area contributed by atoms with Crippen molar-refractivity contribution in [3.05, 3.63) is 29.3 Å². The zero-order valence-electron chi connectivity index (χ0n) is 10.9. The summed E-state index contributed by atoms with van der Waals surface area (Å²) in [5.74, 6) is -0.0478. The first-order valence-electron chi connectivity index (χ1n) is 6.00. The van der Waals surface area contributed by atoms with Crippen molar-refractivity contribution < 1.29 is 14.2 Å². The summed E-state index contributed by atoms with van der Waals surface area (Å²) in [6.45, 7) is 4.75. The first-order valence-corrected chi connectivity index (χ1v) is 6.00. The maximum atomic E-state index is 7.96. The van der Waals surface area contributed by atoms with Crippen molar-refractivity contribution in [1.82, 2.24) is 5.32 Å². The molecule has 2 N–H and O–H groups in total. The van der Waals surface area contributed by atoms with Crippen LogP contribution >= 0.6 is 0 Å². The molecular weight excluding hydrogens is 232 g/mol. The number of nitrogens with one attached hydrogen (secondary N) is 2. The third-order valence-electron chi connectivity index (χ3n) is 2.84. The van der Waals surface area contributed by atoms with Gasteiger partial charge in [0.15, 0.2) is 0 Å². The molecule has 5 nitrogen and oxygen atoms in total. The molecule has 1 aromatic rings. The molecule has 98 valence electrons. The van der Waals surface area contributed by atoms with E-state index in [-0.39, 0.29) is 0 Å². The molecular formula is C13H18N2O3. The average Bonchev–Trinajstić information content (AvgIpc) is 2.63. The number of amidine groups is 1. The van der Waals surface area contributed by atoms with Crippen LogP contribution in [0.2, 0.25) is 0 Å². The van der Waals surface area contributed by atoms with Crippen molar-refractivity contribution in [2.24, 2.45) is 0 Å². The standard InChI is InChI=1S/C13H18N2O3/c1-4-17-13(18-5-2)11-8-9(16-3)6-7-10(11)12(14)15-13/h6-8H,4-5H2,1-3H3,(H2,14,15). The van der Waals surface area contributed by atoms with Crippen LogP contribution in [-0.4, -0.2) is 26.2 Å². The van der Waals surface area contributed by atoms with Crippen molar-refractivity contribution >= 4 is 5.84 Å². The minimum Gasteiger partial charge on any atom is -0.497 e. The second-order valence-corrected chi connectivity index (χ2v) is 3.89. The first-order chi connectivity index (χ1) is 8.66. The van der Waals surface area contributed by atoms with Gasteiger partial charge >= 0.3 is 0 Å². The molecule has 0 amide bonds. The molecule has 1 aromatic carbocycles. The van der Waals surface area contributed by atoms with Crippen LogP contribution in [0.4, 0.5) is 0 Å². The summed E-state index contributed by atoms with van der Waals surface area (Å²) in [4.78, 5) is 0. The number of hydrogen-bond acceptors (Lipinski definition) is 4. The first kappa shape index (κ1) is 12.9. The van der Waals surface area contributed by atoms with E-state index in [2.05, 4.69) is 5.32 Å². The highest BCUT2D eigenvalue weighted by atomic mass is 16.7. The van der Waals surface area contributed by atoms with Gasteiger partial charge in [0.05, 0.1) is 7.11 Å². The molecule has 0 aromatic heterocycles. The molecule has 2 rings (SSSR count). The van der Waals surface area contributed by atoms with E-state index in [1.165, 1.54) is 0 Å². The molecule has 0 saturated carbocycles. The van der Waals surface area contributed by atoms with Gasteiger partial charge in [-0.05, 0) is 32.0 Å². The predicted octanol–water partition coefficient (Wildman–Crippen LogP) is 1.81. The van der Waals surface area contributed by atoms with E-state index < -0.39 is 5.91 Å². The Kier molecular flexibility index (Phi) is 3.54. The van der Waals surface area contributed by atoms with Gasteiger partial charge in [-0.15, -0.1) is 0 Å². The Balaban J connectivity index is 2.50. The molecule has 18 heavy (non-hydrogen) atoms. The van der Waals surface area contributed by atoms with Crippen LogP contribution in [0, 0.1) is 5.41 Å². The summed E-state index contributed by atoms with van der Waals surface area (Å²) in [5, 5.41) is 10.9. The SMILES string of the molecule is CCOC1(OCC)NC(=N)c2ccc(OC)cc21. The number of ether oxygens (including phenoxy) is 3. The fraction of sp³-hybridized carbons (Fsp3) is 0.462. The number of fused-ring (bicyclic) bond motifs is 1. The van der Waals surface area contributed by atoms with Crippen molar-refractivity contribution in [2.75, 3.05) is 20.3 Å². The van der Waals surface area contributed by atoms with Gasteiger partial charge in [0, 0.05) is 24.3 Å². The molecule has 0 bridgehead atoms. The number of hydrogen-bond donors (Lipinski definition) is 2. The molecule has 5 heteroatoms. The summed E-state index contributed by atoms with van der Waals surface area (Å²) in [5.41, 5.74) is 1.56. The Bertz CT molecular complexity index is 454. The maximum Gasteiger partial charge on any atom is 0.279 e. The fourth-order valence-electron chi connectivity index (χ4n) is 2.12. The Hall–Kier alpha value is -1.59. The summed E-state index contributed by atoms with van der Waals surface area (Å²) >= 11 is 0. The molecule has 0 spiro atoms. The highest BCUT2D eigenvalue weighted by molar-refractivity contribution is 6.01. The lowest BCUT2D eigenvalue weighted by Crippen LogP contribution is -2.44. The zero-order valence-corrected chi connectivity index (χ0v) is 10.9. The minimum absolute atomic E-state index is 0.301. The summed E-state index contributed by atoms with van der Waals surface area (Å²) in [6, 6.07) is 5.50. The number of methoxy groups -OCH3 is 1. The predicted molar refractivity (Wildman–Crippen MR) is 67.9 cm³/mol. The van der Waals surface area contributed by atoms with Crippen molar-refractivity contribution in [3.63, 3.8) is 0 Å². The monoisotopic (exact) mass is 250 g/mol. The Labute approximate surface area is 107 Å². The molecule has 1 aliphatic heterocycles. The van der Waals surface area contributed by atoms with E-state index in [0.29, 0.717) is 24.8 Å². The van der Waals surface area contributed by atoms with E-state index in [4.69, 9.17) is 19.6 Å². The molecule has 0 unspecified atom stereocenters. The molecule has 0 saturated heterocycles. The molecule has 0 atom stereocenters. The normalized spacial score (nSPS) is 16.3. The average molecular weight is 250 g/mol. The van der Waals surface area contributed by atoms with E-state index in [1.807, 2.05) is 32.0 Å². The van der Waals surface area contributed by atoms with E-state index in [0.717, 1.165) is 11.1 Å². The van der Waals surface area contributed by atoms with Crippen molar-refractivity contribution in [3.8, 4) is 5.75 Å². The highest BCUT2D eigenvalue weighted by Crippen LogP contribution is 2.35. The van der Waals surface area contributed by atoms with Gasteiger partial charge in [0.25, 0.3) is 5.91 Å². The van der Waals surface area contributed by atoms with Gasteiger partial charge in [-0.1, -0.05) is 0 Å². The van der Waals surface area contributed by atoms with Crippen LogP contribution in [0.3, 0.4) is 0 Å². The third-order valence-corrected chi connectivity index (χ3v) is 2.84. The van der Waals surface area contributed by atoms with E-state index >= 15 is 0 Å². The Morgan fingerprint density at radius 2 is 1.89 bits per heavy atom.